The van der Waals surface area contributed by atoms with Crippen molar-refractivity contribution in [3.63, 3.8) is 0 Å². The molecule has 1 aromatic heterocycles. The quantitative estimate of drug-likeness (QED) is 0.337. The van der Waals surface area contributed by atoms with Crippen molar-refractivity contribution in [1.82, 2.24) is 20.2 Å². The van der Waals surface area contributed by atoms with Crippen LogP contribution in [0.3, 0.4) is 0 Å². The molecule has 3 aliphatic rings. The summed E-state index contributed by atoms with van der Waals surface area (Å²) in [5, 5.41) is 13.9. The molecule has 13 heteroatoms. The van der Waals surface area contributed by atoms with Gasteiger partial charge in [-0.25, -0.2) is 9.79 Å². The number of guanidine groups is 1. The number of hydrogen-bond acceptors (Lipinski definition) is 10. The zero-order valence-corrected chi connectivity index (χ0v) is 15.8. The van der Waals surface area contributed by atoms with Gasteiger partial charge < -0.3 is 20.3 Å². The molecule has 7 N–H and O–H groups in total. The highest BCUT2D eigenvalue weighted by molar-refractivity contribution is 8.15. The molecule has 0 aromatic carbocycles. The molecular formula is C15H23N5O7S. The van der Waals surface area contributed by atoms with Crippen LogP contribution in [0.1, 0.15) is 31.6 Å². The van der Waals surface area contributed by atoms with E-state index >= 15 is 0 Å². The van der Waals surface area contributed by atoms with Gasteiger partial charge in [-0.2, -0.15) is 0 Å². The molecule has 2 fully saturated rings. The van der Waals surface area contributed by atoms with Gasteiger partial charge in [-0.3, -0.25) is 27.6 Å². The fourth-order valence-electron chi connectivity index (χ4n) is 4.43. The van der Waals surface area contributed by atoms with Gasteiger partial charge in [0.15, 0.2) is 5.96 Å². The molecular weight excluding hydrogens is 394 g/mol. The molecule has 156 valence electrons. The first-order valence-electron chi connectivity index (χ1n) is 8.93. The lowest BCUT2D eigenvalue weighted by Crippen LogP contribution is -2.58. The highest BCUT2D eigenvalue weighted by atomic mass is 32.3. The molecule has 4 heterocycles. The van der Waals surface area contributed by atoms with Crippen molar-refractivity contribution in [2.24, 2.45) is 10.9 Å². The molecule has 6 atom stereocenters. The van der Waals surface area contributed by atoms with Gasteiger partial charge in [0.2, 0.25) is 11.2 Å². The second kappa shape index (κ2) is 6.86. The Labute approximate surface area is 161 Å². The summed E-state index contributed by atoms with van der Waals surface area (Å²) in [5.41, 5.74) is -1.25. The Hall–Kier alpha value is -1.90. The van der Waals surface area contributed by atoms with Gasteiger partial charge in [-0.15, -0.1) is 0 Å². The highest BCUT2D eigenvalue weighted by Gasteiger charge is 2.50. The minimum absolute atomic E-state index is 0.0123. The lowest BCUT2D eigenvalue weighted by atomic mass is 9.82. The number of rotatable bonds is 4. The van der Waals surface area contributed by atoms with E-state index in [9.17, 15) is 28.4 Å². The number of aliphatic hydroxyl groups excluding tert-OH is 1. The molecule has 1 aromatic rings. The summed E-state index contributed by atoms with van der Waals surface area (Å²) in [5.74, 6) is 0.513. The second-order valence-corrected chi connectivity index (χ2v) is 8.58. The van der Waals surface area contributed by atoms with E-state index in [1.54, 1.807) is 0 Å². The zero-order valence-electron chi connectivity index (χ0n) is 15.0. The number of H-pyrrole nitrogens is 2. The van der Waals surface area contributed by atoms with Crippen LogP contribution in [0, 0.1) is 5.92 Å². The molecule has 12 nitrogen and oxygen atoms in total. The third kappa shape index (κ3) is 3.56. The van der Waals surface area contributed by atoms with E-state index in [4.69, 9.17) is 4.18 Å². The number of aliphatic hydroxyl groups is 1. The van der Waals surface area contributed by atoms with Crippen molar-refractivity contribution in [2.45, 2.75) is 50.1 Å². The molecule has 0 bridgehead atoms. The van der Waals surface area contributed by atoms with Crippen molar-refractivity contribution >= 4 is 17.1 Å². The largest absolute Gasteiger partial charge is 0.385 e. The topological polar surface area (TPSA) is 183 Å². The van der Waals surface area contributed by atoms with E-state index in [0.717, 1.165) is 6.07 Å². The summed E-state index contributed by atoms with van der Waals surface area (Å²) >= 11 is -4.09. The number of aromatic amines is 2. The molecule has 0 aliphatic carbocycles. The maximum absolute atomic E-state index is 11.5. The summed E-state index contributed by atoms with van der Waals surface area (Å²) in [6.45, 7) is 2.47. The summed E-state index contributed by atoms with van der Waals surface area (Å²) in [4.78, 5) is 34.2. The summed E-state index contributed by atoms with van der Waals surface area (Å²) < 4.78 is 33.0. The van der Waals surface area contributed by atoms with Gasteiger partial charge in [-0.1, -0.05) is 6.92 Å². The van der Waals surface area contributed by atoms with Gasteiger partial charge in [0.25, 0.3) is 5.56 Å². The fraction of sp³-hybridized carbons (Fsp3) is 0.667. The van der Waals surface area contributed by atoms with Crippen LogP contribution < -0.4 is 16.6 Å². The average Bonchev–Trinajstić information content (AvgIpc) is 3.01. The summed E-state index contributed by atoms with van der Waals surface area (Å²) in [7, 11) is 0. The van der Waals surface area contributed by atoms with E-state index in [1.807, 2.05) is 6.92 Å². The van der Waals surface area contributed by atoms with E-state index in [-0.39, 0.29) is 23.7 Å². The summed E-state index contributed by atoms with van der Waals surface area (Å²) in [6, 6.07) is 0.355. The van der Waals surface area contributed by atoms with Gasteiger partial charge in [-0.05, 0) is 12.8 Å². The standard InChI is InChI=1S/C15H23N5O7S/c1-6-10-5-16-14-17-8(13(22)9-4-12(21)19-15(23)18-9)2-7(20(10)14)3-11(6)27-28(24,25)26/h4,6-8,10-11,13,22,24-26H,2-3,5H2,1H3,(H,16,17)(H2,18,19,21,23)/t6-,7+,8-,10-,11+,13-/m1/s1. The minimum Gasteiger partial charge on any atom is -0.385 e. The number of piperidine rings is 1. The van der Waals surface area contributed by atoms with Crippen LogP contribution in [0.2, 0.25) is 0 Å². The molecule has 0 radical (unpaired) electrons. The van der Waals surface area contributed by atoms with E-state index < -0.39 is 40.7 Å². The molecule has 28 heavy (non-hydrogen) atoms. The SMILES string of the molecule is C[C@H]1[C@@H](OS(O)(O)O)C[C@@H]2C[C@H]([C@@H](O)c3cc(=O)[nH]c(=O)[nH]3)N=C3NC[C@H]1N32. The second-order valence-electron chi connectivity index (χ2n) is 7.45. The number of aromatic nitrogens is 2. The maximum Gasteiger partial charge on any atom is 0.325 e. The van der Waals surface area contributed by atoms with Crippen molar-refractivity contribution in [3.05, 3.63) is 32.6 Å². The first kappa shape index (κ1) is 19.4. The van der Waals surface area contributed by atoms with Crippen molar-refractivity contribution in [1.29, 1.82) is 0 Å². The zero-order chi connectivity index (χ0) is 20.2. The maximum atomic E-state index is 11.5. The molecule has 0 saturated carbocycles. The Balaban J connectivity index is 1.61. The first-order chi connectivity index (χ1) is 13.1. The van der Waals surface area contributed by atoms with Crippen LogP contribution in [0.4, 0.5) is 0 Å². The smallest absolute Gasteiger partial charge is 0.325 e. The Kier molecular flexibility index (Phi) is 4.76. The number of hydrogen-bond donors (Lipinski definition) is 7. The van der Waals surface area contributed by atoms with Crippen LogP contribution in [0.5, 0.6) is 0 Å². The first-order valence-corrected chi connectivity index (χ1v) is 10.4. The van der Waals surface area contributed by atoms with Crippen LogP contribution in [-0.4, -0.2) is 70.4 Å². The van der Waals surface area contributed by atoms with Crippen molar-refractivity contribution in [3.8, 4) is 0 Å². The lowest BCUT2D eigenvalue weighted by molar-refractivity contribution is -0.00905. The van der Waals surface area contributed by atoms with E-state index in [2.05, 4.69) is 25.2 Å². The molecule has 0 spiro atoms. The Morgan fingerprint density at radius 2 is 2.04 bits per heavy atom. The van der Waals surface area contributed by atoms with Crippen LogP contribution in [0.25, 0.3) is 0 Å². The van der Waals surface area contributed by atoms with Crippen molar-refractivity contribution in [2.75, 3.05) is 6.54 Å². The highest BCUT2D eigenvalue weighted by Crippen LogP contribution is 2.45. The third-order valence-corrected chi connectivity index (χ3v) is 6.19. The molecule has 2 saturated heterocycles. The fourth-order valence-corrected chi connectivity index (χ4v) is 5.01. The molecule has 0 amide bonds. The molecule has 3 aliphatic heterocycles. The van der Waals surface area contributed by atoms with Gasteiger partial charge >= 0.3 is 5.69 Å². The Bertz CT molecular complexity index is 867. The van der Waals surface area contributed by atoms with Gasteiger partial charge in [0, 0.05) is 24.6 Å². The van der Waals surface area contributed by atoms with Crippen LogP contribution in [-0.2, 0) is 4.18 Å². The third-order valence-electron chi connectivity index (χ3n) is 5.68. The Morgan fingerprint density at radius 3 is 2.71 bits per heavy atom. The van der Waals surface area contributed by atoms with E-state index in [0.29, 0.717) is 25.3 Å². The number of nitrogens with zero attached hydrogens (tertiary/aromatic N) is 2. The number of aliphatic imine (C=N–C) groups is 1. The Morgan fingerprint density at radius 1 is 1.29 bits per heavy atom. The average molecular weight is 417 g/mol. The molecule has 0 unspecified atom stereocenters. The summed E-state index contributed by atoms with van der Waals surface area (Å²) in [6.07, 6.45) is -0.987. The normalized spacial score (nSPS) is 33.7. The van der Waals surface area contributed by atoms with Gasteiger partial charge in [0.05, 0.1) is 23.9 Å². The van der Waals surface area contributed by atoms with Crippen LogP contribution in [0.15, 0.2) is 20.6 Å². The predicted octanol–water partition coefficient (Wildman–Crippen LogP) is -0.569. The predicted molar refractivity (Wildman–Crippen MR) is 100 cm³/mol. The number of nitrogens with one attached hydrogen (secondary N) is 3. The lowest BCUT2D eigenvalue weighted by Gasteiger charge is -2.49. The monoisotopic (exact) mass is 417 g/mol. The van der Waals surface area contributed by atoms with Gasteiger partial charge in [0.1, 0.15) is 6.10 Å². The minimum atomic E-state index is -4.09. The van der Waals surface area contributed by atoms with Crippen molar-refractivity contribution < 1.29 is 22.9 Å². The van der Waals surface area contributed by atoms with Crippen LogP contribution >= 0.6 is 11.2 Å². The molecule has 4 rings (SSSR count). The van der Waals surface area contributed by atoms with E-state index in [1.165, 1.54) is 0 Å².